The zero-order chi connectivity index (χ0) is 31.5. The van der Waals surface area contributed by atoms with Gasteiger partial charge in [0.05, 0.1) is 23.4 Å². The predicted molar refractivity (Wildman–Crippen MR) is 148 cm³/mol. The maximum atomic E-state index is 13.2. The highest BCUT2D eigenvalue weighted by molar-refractivity contribution is 5.80. The van der Waals surface area contributed by atoms with Crippen LogP contribution >= 0.6 is 0 Å². The maximum Gasteiger partial charge on any atom is 0.422 e. The summed E-state index contributed by atoms with van der Waals surface area (Å²) in [5.74, 6) is -0.290. The molecule has 1 heterocycles. The van der Waals surface area contributed by atoms with E-state index in [9.17, 15) is 35.9 Å². The first kappa shape index (κ1) is 35.2. The topological polar surface area (TPSA) is 87.7 Å². The van der Waals surface area contributed by atoms with Gasteiger partial charge in [-0.1, -0.05) is 51.2 Å². The second kappa shape index (κ2) is 16.0. The normalized spacial score (nSPS) is 19.1. The molecule has 1 aromatic rings. The number of nitrogens with one attached hydrogen (secondary N) is 1. The molecule has 1 fully saturated rings. The van der Waals surface area contributed by atoms with Crippen molar-refractivity contribution in [2.75, 3.05) is 13.7 Å². The van der Waals surface area contributed by atoms with Crippen LogP contribution in [0, 0.1) is 0 Å². The molecule has 3 rings (SSSR count). The van der Waals surface area contributed by atoms with E-state index >= 15 is 0 Å². The van der Waals surface area contributed by atoms with Gasteiger partial charge in [-0.2, -0.15) is 31.4 Å². The van der Waals surface area contributed by atoms with Crippen LogP contribution in [0.3, 0.4) is 0 Å². The third kappa shape index (κ3) is 10.4. The van der Waals surface area contributed by atoms with E-state index in [4.69, 9.17) is 4.74 Å². The van der Waals surface area contributed by atoms with Crippen LogP contribution in [-0.2, 0) is 22.1 Å². The van der Waals surface area contributed by atoms with E-state index in [0.29, 0.717) is 12.1 Å². The van der Waals surface area contributed by atoms with Gasteiger partial charge in [0.1, 0.15) is 12.2 Å². The first-order valence-corrected chi connectivity index (χ1v) is 14.2. The maximum absolute atomic E-state index is 13.2. The minimum Gasteiger partial charge on any atom is -0.368 e. The molecular weight excluding hydrogens is 566 g/mol. The van der Waals surface area contributed by atoms with Gasteiger partial charge in [0, 0.05) is 19.0 Å². The number of amides is 1. The van der Waals surface area contributed by atoms with Gasteiger partial charge in [-0.05, 0) is 51.5 Å². The van der Waals surface area contributed by atoms with Crippen molar-refractivity contribution in [3.05, 3.63) is 50.6 Å². The fourth-order valence-corrected chi connectivity index (χ4v) is 5.00. The Morgan fingerprint density at radius 2 is 1.71 bits per heavy atom. The van der Waals surface area contributed by atoms with E-state index in [1.165, 1.54) is 31.1 Å². The third-order valence-corrected chi connectivity index (χ3v) is 7.28. The first-order chi connectivity index (χ1) is 19.7. The molecule has 1 saturated carbocycles. The number of fused-ring (bicyclic) bond motifs is 1. The Morgan fingerprint density at radius 1 is 1.10 bits per heavy atom. The van der Waals surface area contributed by atoms with Crippen molar-refractivity contribution >= 4 is 12.1 Å². The molecule has 1 unspecified atom stereocenters. The number of halogens is 6. The van der Waals surface area contributed by atoms with E-state index in [1.807, 2.05) is 12.0 Å². The van der Waals surface area contributed by atoms with Crippen LogP contribution in [0.1, 0.15) is 101 Å². The van der Waals surface area contributed by atoms with Gasteiger partial charge in [-0.15, -0.1) is 0 Å². The molecule has 0 bridgehead atoms. The Bertz CT molecular complexity index is 1180. The molecule has 0 radical (unpaired) electrons. The number of aromatic amines is 1. The van der Waals surface area contributed by atoms with E-state index < -0.39 is 35.1 Å². The Hall–Kier alpha value is -2.96. The monoisotopic (exact) mass is 606 g/mol. The summed E-state index contributed by atoms with van der Waals surface area (Å²) < 4.78 is 82.0. The average Bonchev–Trinajstić information content (AvgIpc) is 3.30. The number of allylic oxidation sites excluding steroid dienone is 4. The largest absolute Gasteiger partial charge is 0.422 e. The van der Waals surface area contributed by atoms with Gasteiger partial charge in [0.15, 0.2) is 0 Å². The molecule has 1 aromatic heterocycles. The Morgan fingerprint density at radius 3 is 2.26 bits per heavy atom. The summed E-state index contributed by atoms with van der Waals surface area (Å²) in [6, 6.07) is -0.596. The molecule has 0 saturated heterocycles. The van der Waals surface area contributed by atoms with Crippen LogP contribution in [0.5, 0.6) is 0 Å². The van der Waals surface area contributed by atoms with Gasteiger partial charge in [-0.25, -0.2) is 5.10 Å². The number of alkyl halides is 6. The van der Waals surface area contributed by atoms with Crippen molar-refractivity contribution in [2.45, 2.75) is 109 Å². The zero-order valence-electron chi connectivity index (χ0n) is 24.5. The number of ether oxygens (including phenoxy) is 1. The fraction of sp³-hybridized carbons (Fsp3) is 0.655. The molecule has 42 heavy (non-hydrogen) atoms. The van der Waals surface area contributed by atoms with Crippen LogP contribution in [0.25, 0.3) is 0 Å². The second-order valence-electron chi connectivity index (χ2n) is 10.4. The molecule has 2 aliphatic rings. The molecule has 0 spiro atoms. The quantitative estimate of drug-likeness (QED) is 0.262. The number of carbonyl (C=O) groups excluding carboxylic acids is 1. The van der Waals surface area contributed by atoms with Crippen LogP contribution in [0.15, 0.2) is 33.2 Å². The van der Waals surface area contributed by atoms with Gasteiger partial charge in [-0.3, -0.25) is 14.6 Å². The van der Waals surface area contributed by atoms with E-state index in [2.05, 4.69) is 10.1 Å². The predicted octanol–water partition coefficient (Wildman–Crippen LogP) is 7.24. The zero-order valence-corrected chi connectivity index (χ0v) is 24.5. The molecule has 2 aliphatic carbocycles. The number of aliphatic imine (C=N–C) groups is 1. The van der Waals surface area contributed by atoms with Crippen molar-refractivity contribution in [1.29, 1.82) is 0 Å². The molecule has 0 aliphatic heterocycles. The fourth-order valence-electron chi connectivity index (χ4n) is 5.00. The summed E-state index contributed by atoms with van der Waals surface area (Å²) >= 11 is 0. The number of likely N-dealkylation sites (N-methyl/N-ethyl adjacent to an activating group) is 1. The van der Waals surface area contributed by atoms with Gasteiger partial charge < -0.3 is 9.64 Å². The number of hydrogen-bond donors (Lipinski definition) is 1. The summed E-state index contributed by atoms with van der Waals surface area (Å²) in [5, 5.41) is 5.75. The molecule has 1 atom stereocenters. The molecule has 13 heteroatoms. The van der Waals surface area contributed by atoms with Crippen LogP contribution < -0.4 is 5.56 Å². The van der Waals surface area contributed by atoms with Crippen LogP contribution in [0.2, 0.25) is 0 Å². The van der Waals surface area contributed by atoms with Gasteiger partial charge in [0.2, 0.25) is 5.91 Å². The molecule has 236 valence electrons. The highest BCUT2D eigenvalue weighted by Gasteiger charge is 2.42. The summed E-state index contributed by atoms with van der Waals surface area (Å²) in [7, 11) is 1.55. The van der Waals surface area contributed by atoms with E-state index in [0.717, 1.165) is 44.4 Å². The van der Waals surface area contributed by atoms with Crippen molar-refractivity contribution < 1.29 is 35.9 Å². The van der Waals surface area contributed by atoms with Gasteiger partial charge >= 0.3 is 12.4 Å². The molecular formula is C29H40F6N4O3. The molecule has 0 aromatic carbocycles. The van der Waals surface area contributed by atoms with Crippen LogP contribution in [-0.4, -0.2) is 53.2 Å². The van der Waals surface area contributed by atoms with Crippen molar-refractivity contribution in [3.8, 4) is 0 Å². The Labute approximate surface area is 242 Å². The number of carbonyl (C=O) groups is 1. The van der Waals surface area contributed by atoms with Crippen molar-refractivity contribution in [3.63, 3.8) is 0 Å². The highest BCUT2D eigenvalue weighted by Crippen LogP contribution is 2.39. The number of rotatable bonds is 7. The SMILES string of the molecule is CN(C(=O)COC1CCCCCCC1)C1CCc2c1n[nH]c(=O)c2C(F)(F)F.C\C=C(/C=N/C(C)=C/CC)C(F)(F)F. The molecule has 1 N–H and O–H groups in total. The average molecular weight is 607 g/mol. The lowest BCUT2D eigenvalue weighted by Crippen LogP contribution is -2.35. The van der Waals surface area contributed by atoms with E-state index in [-0.39, 0.29) is 36.3 Å². The summed E-state index contributed by atoms with van der Waals surface area (Å²) in [5.41, 5.74) is -2.56. The van der Waals surface area contributed by atoms with Crippen molar-refractivity contribution in [1.82, 2.24) is 15.1 Å². The standard InChI is InChI=1S/C19H26F3N3O3.C10H14F3N/c1-25(15(26)11-28-12-7-5-3-2-4-6-8-12)14-10-9-13-16(19(20,21)22)18(27)24-23-17(13)14;1-4-6-8(3)14-7-9(5-2)10(11,12)13/h12,14H,2-11H2,1H3,(H,24,27);5-7H,4H2,1-3H3/b;8-6+,9-5+,14-7+. The lowest BCUT2D eigenvalue weighted by molar-refractivity contribution is -0.139. The molecule has 7 nitrogen and oxygen atoms in total. The number of nitrogens with zero attached hydrogens (tertiary/aromatic N) is 3. The lowest BCUT2D eigenvalue weighted by Gasteiger charge is -2.26. The smallest absolute Gasteiger partial charge is 0.368 e. The number of H-pyrrole nitrogens is 1. The van der Waals surface area contributed by atoms with Crippen molar-refractivity contribution in [2.24, 2.45) is 4.99 Å². The first-order valence-electron chi connectivity index (χ1n) is 14.2. The Balaban J connectivity index is 0.000000374. The van der Waals surface area contributed by atoms with Crippen LogP contribution in [0.4, 0.5) is 26.3 Å². The second-order valence-corrected chi connectivity index (χ2v) is 10.4. The summed E-state index contributed by atoms with van der Waals surface area (Å²) in [6.07, 6.45) is 3.36. The molecule has 1 amide bonds. The van der Waals surface area contributed by atoms with Gasteiger partial charge in [0.25, 0.3) is 5.56 Å². The summed E-state index contributed by atoms with van der Waals surface area (Å²) in [4.78, 5) is 29.3. The minimum atomic E-state index is -4.75. The number of aromatic nitrogens is 2. The third-order valence-electron chi connectivity index (χ3n) is 7.28. The minimum absolute atomic E-state index is 0.0554. The van der Waals surface area contributed by atoms with E-state index in [1.54, 1.807) is 20.0 Å². The Kier molecular flexibility index (Phi) is 13.5. The summed E-state index contributed by atoms with van der Waals surface area (Å²) in [6.45, 7) is 4.82. The highest BCUT2D eigenvalue weighted by atomic mass is 19.4. The number of hydrogen-bond acceptors (Lipinski definition) is 5. The lowest BCUT2D eigenvalue weighted by atomic mass is 9.99.